The smallest absolute Gasteiger partial charge is 0.155 e. The van der Waals surface area contributed by atoms with Gasteiger partial charge in [-0.3, -0.25) is 4.79 Å². The molecule has 0 spiro atoms. The summed E-state index contributed by atoms with van der Waals surface area (Å²) in [6, 6.07) is 9.57. The number of anilines is 2. The van der Waals surface area contributed by atoms with Crippen LogP contribution in [0, 0.1) is 6.92 Å². The van der Waals surface area contributed by atoms with Crippen molar-refractivity contribution in [3.8, 4) is 0 Å². The third kappa shape index (κ3) is 2.23. The van der Waals surface area contributed by atoms with Crippen molar-refractivity contribution in [2.24, 2.45) is 0 Å². The molecule has 0 aliphatic carbocycles. The van der Waals surface area contributed by atoms with Crippen molar-refractivity contribution in [2.45, 2.75) is 6.92 Å². The van der Waals surface area contributed by atoms with Gasteiger partial charge in [-0.25, -0.2) is 9.97 Å². The van der Waals surface area contributed by atoms with Crippen LogP contribution in [-0.4, -0.2) is 16.3 Å². The van der Waals surface area contributed by atoms with Crippen LogP contribution in [-0.2, 0) is 0 Å². The molecule has 0 amide bonds. The highest BCUT2D eigenvalue weighted by molar-refractivity contribution is 5.83. The van der Waals surface area contributed by atoms with Crippen LogP contribution in [0.15, 0.2) is 36.5 Å². The van der Waals surface area contributed by atoms with E-state index in [1.807, 2.05) is 30.3 Å². The molecule has 0 atom stereocenters. The lowest BCUT2D eigenvalue weighted by Crippen LogP contribution is -2.01. The number of hydrogen-bond acceptors (Lipinski definition) is 4. The summed E-state index contributed by atoms with van der Waals surface area (Å²) >= 11 is 0. The van der Waals surface area contributed by atoms with E-state index in [0.717, 1.165) is 12.0 Å². The van der Waals surface area contributed by atoms with E-state index in [1.165, 1.54) is 6.20 Å². The Balaban J connectivity index is 2.33. The zero-order valence-electron chi connectivity index (χ0n) is 8.84. The predicted octanol–water partition coefficient (Wildman–Crippen LogP) is 2.34. The molecule has 0 saturated carbocycles. The molecule has 16 heavy (non-hydrogen) atoms. The maximum Gasteiger partial charge on any atom is 0.155 e. The average Bonchev–Trinajstić information content (AvgIpc) is 2.31. The van der Waals surface area contributed by atoms with Gasteiger partial charge in [0.05, 0.1) is 5.56 Å². The summed E-state index contributed by atoms with van der Waals surface area (Å²) in [7, 11) is 0. The van der Waals surface area contributed by atoms with E-state index in [2.05, 4.69) is 15.3 Å². The van der Waals surface area contributed by atoms with E-state index in [9.17, 15) is 4.79 Å². The van der Waals surface area contributed by atoms with Gasteiger partial charge in [-0.2, -0.15) is 0 Å². The lowest BCUT2D eigenvalue weighted by atomic mass is 10.3. The molecule has 0 unspecified atom stereocenters. The maximum absolute atomic E-state index is 10.8. The number of aromatic nitrogens is 2. The fraction of sp³-hybridized carbons (Fsp3) is 0.0833. The standard InChI is InChI=1S/C12H11N3O/c1-9-13-7-10(8-16)12(14-9)15-11-5-3-2-4-6-11/h2-8H,1H3,(H,13,14,15). The van der Waals surface area contributed by atoms with Crippen LogP contribution in [0.5, 0.6) is 0 Å². The van der Waals surface area contributed by atoms with Gasteiger partial charge in [0.1, 0.15) is 11.6 Å². The highest BCUT2D eigenvalue weighted by atomic mass is 16.1. The van der Waals surface area contributed by atoms with E-state index < -0.39 is 0 Å². The topological polar surface area (TPSA) is 54.9 Å². The molecule has 1 heterocycles. The number of para-hydroxylation sites is 1. The lowest BCUT2D eigenvalue weighted by Gasteiger charge is -2.07. The molecule has 1 aromatic heterocycles. The van der Waals surface area contributed by atoms with Crippen LogP contribution in [0.4, 0.5) is 11.5 Å². The Morgan fingerprint density at radius 1 is 1.25 bits per heavy atom. The summed E-state index contributed by atoms with van der Waals surface area (Å²) in [4.78, 5) is 19.0. The fourth-order valence-corrected chi connectivity index (χ4v) is 1.32. The summed E-state index contributed by atoms with van der Waals surface area (Å²) < 4.78 is 0. The van der Waals surface area contributed by atoms with Crippen LogP contribution in [0.2, 0.25) is 0 Å². The molecule has 2 aromatic rings. The van der Waals surface area contributed by atoms with Gasteiger partial charge < -0.3 is 5.32 Å². The first-order valence-corrected chi connectivity index (χ1v) is 4.90. The largest absolute Gasteiger partial charge is 0.340 e. The predicted molar refractivity (Wildman–Crippen MR) is 61.9 cm³/mol. The monoisotopic (exact) mass is 213 g/mol. The van der Waals surface area contributed by atoms with Crippen molar-refractivity contribution < 1.29 is 4.79 Å². The quantitative estimate of drug-likeness (QED) is 0.795. The lowest BCUT2D eigenvalue weighted by molar-refractivity contribution is 0.112. The van der Waals surface area contributed by atoms with E-state index in [0.29, 0.717) is 17.2 Å². The van der Waals surface area contributed by atoms with Gasteiger partial charge in [0.25, 0.3) is 0 Å². The maximum atomic E-state index is 10.8. The van der Waals surface area contributed by atoms with Crippen LogP contribution >= 0.6 is 0 Å². The third-order valence-corrected chi connectivity index (χ3v) is 2.10. The molecular formula is C12H11N3O. The number of nitrogens with one attached hydrogen (secondary N) is 1. The Bertz CT molecular complexity index is 497. The number of hydrogen-bond donors (Lipinski definition) is 1. The van der Waals surface area contributed by atoms with Crippen LogP contribution in [0.1, 0.15) is 16.2 Å². The Morgan fingerprint density at radius 2 is 2.00 bits per heavy atom. The van der Waals surface area contributed by atoms with Gasteiger partial charge in [0.15, 0.2) is 6.29 Å². The minimum Gasteiger partial charge on any atom is -0.340 e. The van der Waals surface area contributed by atoms with Crippen LogP contribution in [0.25, 0.3) is 0 Å². The van der Waals surface area contributed by atoms with Gasteiger partial charge in [0.2, 0.25) is 0 Å². The van der Waals surface area contributed by atoms with Gasteiger partial charge >= 0.3 is 0 Å². The van der Waals surface area contributed by atoms with E-state index in [-0.39, 0.29) is 0 Å². The number of rotatable bonds is 3. The molecule has 0 saturated heterocycles. The summed E-state index contributed by atoms with van der Waals surface area (Å²) in [6.07, 6.45) is 2.26. The second-order valence-electron chi connectivity index (χ2n) is 3.33. The van der Waals surface area contributed by atoms with Crippen molar-refractivity contribution in [3.05, 3.63) is 47.9 Å². The first-order chi connectivity index (χ1) is 7.79. The minimum atomic E-state index is 0.453. The summed E-state index contributed by atoms with van der Waals surface area (Å²) in [5.41, 5.74) is 1.35. The molecule has 80 valence electrons. The van der Waals surface area contributed by atoms with Crippen molar-refractivity contribution >= 4 is 17.8 Å². The molecule has 0 bridgehead atoms. The van der Waals surface area contributed by atoms with Gasteiger partial charge in [0, 0.05) is 11.9 Å². The number of carbonyl (C=O) groups excluding carboxylic acids is 1. The molecule has 0 aliphatic rings. The first-order valence-electron chi connectivity index (χ1n) is 4.90. The second-order valence-corrected chi connectivity index (χ2v) is 3.33. The normalized spacial score (nSPS) is 9.81. The van der Waals surface area contributed by atoms with E-state index in [4.69, 9.17) is 0 Å². The van der Waals surface area contributed by atoms with Crippen LogP contribution < -0.4 is 5.32 Å². The first kappa shape index (κ1) is 10.3. The SMILES string of the molecule is Cc1ncc(C=O)c(Nc2ccccc2)n1. The molecule has 1 N–H and O–H groups in total. The fourth-order valence-electron chi connectivity index (χ4n) is 1.32. The molecular weight excluding hydrogens is 202 g/mol. The molecule has 0 fully saturated rings. The Morgan fingerprint density at radius 3 is 2.69 bits per heavy atom. The van der Waals surface area contributed by atoms with Crippen molar-refractivity contribution in [2.75, 3.05) is 5.32 Å². The van der Waals surface area contributed by atoms with Crippen LogP contribution in [0.3, 0.4) is 0 Å². The van der Waals surface area contributed by atoms with Crippen molar-refractivity contribution in [1.82, 2.24) is 9.97 Å². The van der Waals surface area contributed by atoms with Crippen molar-refractivity contribution in [3.63, 3.8) is 0 Å². The zero-order chi connectivity index (χ0) is 11.4. The third-order valence-electron chi connectivity index (χ3n) is 2.10. The number of carbonyl (C=O) groups is 1. The summed E-state index contributed by atoms with van der Waals surface area (Å²) in [5, 5.41) is 3.08. The van der Waals surface area contributed by atoms with E-state index in [1.54, 1.807) is 6.92 Å². The number of nitrogens with zero attached hydrogens (tertiary/aromatic N) is 2. The number of aldehydes is 1. The zero-order valence-corrected chi connectivity index (χ0v) is 8.84. The molecule has 1 aromatic carbocycles. The molecule has 0 aliphatic heterocycles. The average molecular weight is 213 g/mol. The van der Waals surface area contributed by atoms with Gasteiger partial charge in [-0.15, -0.1) is 0 Å². The highest BCUT2D eigenvalue weighted by Crippen LogP contribution is 2.16. The summed E-state index contributed by atoms with van der Waals surface area (Å²) in [6.45, 7) is 1.78. The number of benzene rings is 1. The molecule has 0 radical (unpaired) electrons. The van der Waals surface area contributed by atoms with Crippen molar-refractivity contribution in [1.29, 1.82) is 0 Å². The Hall–Kier alpha value is -2.23. The number of aryl methyl sites for hydroxylation is 1. The van der Waals surface area contributed by atoms with Gasteiger partial charge in [-0.05, 0) is 19.1 Å². The van der Waals surface area contributed by atoms with E-state index >= 15 is 0 Å². The van der Waals surface area contributed by atoms with Gasteiger partial charge in [-0.1, -0.05) is 18.2 Å². The molecule has 2 rings (SSSR count). The molecule has 4 nitrogen and oxygen atoms in total. The highest BCUT2D eigenvalue weighted by Gasteiger charge is 2.04. The molecule has 4 heteroatoms. The Labute approximate surface area is 93.4 Å². The second kappa shape index (κ2) is 4.53. The minimum absolute atomic E-state index is 0.453. The summed E-state index contributed by atoms with van der Waals surface area (Å²) in [5.74, 6) is 1.16. The Kier molecular flexibility index (Phi) is 2.91.